The Labute approximate surface area is 148 Å². The van der Waals surface area contributed by atoms with E-state index < -0.39 is 29.3 Å². The van der Waals surface area contributed by atoms with Crippen molar-refractivity contribution in [3.63, 3.8) is 0 Å². The van der Waals surface area contributed by atoms with Gasteiger partial charge in [0.15, 0.2) is 6.10 Å². The summed E-state index contributed by atoms with van der Waals surface area (Å²) in [6.07, 6.45) is -4.34. The molecular formula is C18H31F3O4. The highest BCUT2D eigenvalue weighted by atomic mass is 19.4. The first-order valence-corrected chi connectivity index (χ1v) is 8.83. The second-order valence-corrected chi connectivity index (χ2v) is 7.04. The van der Waals surface area contributed by atoms with Crippen LogP contribution in [0.2, 0.25) is 0 Å². The lowest BCUT2D eigenvalue weighted by molar-refractivity contribution is -0.216. The lowest BCUT2D eigenvalue weighted by Crippen LogP contribution is -2.39. The molecule has 0 spiro atoms. The standard InChI is InChI=1S/C18H31F3O4/c1-7-16(5,6)15(23)25-17(8-2,9-3)12-10-11-14(22)24-13(4)18(19,20)21/h13H,7-12H2,1-6H3. The van der Waals surface area contributed by atoms with Gasteiger partial charge in [-0.05, 0) is 52.9 Å². The van der Waals surface area contributed by atoms with Crippen LogP contribution in [-0.4, -0.2) is 29.8 Å². The van der Waals surface area contributed by atoms with Crippen molar-refractivity contribution in [3.05, 3.63) is 0 Å². The molecule has 0 radical (unpaired) electrons. The molecule has 0 fully saturated rings. The Balaban J connectivity index is 4.68. The molecule has 0 aliphatic rings. The van der Waals surface area contributed by atoms with Gasteiger partial charge in [0.25, 0.3) is 0 Å². The predicted octanol–water partition coefficient (Wildman–Crippen LogP) is 5.19. The molecule has 1 atom stereocenters. The van der Waals surface area contributed by atoms with E-state index in [1.807, 2.05) is 20.8 Å². The average Bonchev–Trinajstić information content (AvgIpc) is 2.52. The van der Waals surface area contributed by atoms with Crippen molar-refractivity contribution < 1.29 is 32.2 Å². The van der Waals surface area contributed by atoms with Gasteiger partial charge in [0.05, 0.1) is 5.41 Å². The van der Waals surface area contributed by atoms with Crippen molar-refractivity contribution >= 4 is 11.9 Å². The van der Waals surface area contributed by atoms with Gasteiger partial charge in [-0.2, -0.15) is 13.2 Å². The van der Waals surface area contributed by atoms with E-state index >= 15 is 0 Å². The Kier molecular flexibility index (Phi) is 8.95. The van der Waals surface area contributed by atoms with Gasteiger partial charge in [0.1, 0.15) is 5.60 Å². The second-order valence-electron chi connectivity index (χ2n) is 7.04. The van der Waals surface area contributed by atoms with E-state index in [1.165, 1.54) is 0 Å². The minimum atomic E-state index is -4.56. The number of esters is 2. The van der Waals surface area contributed by atoms with Gasteiger partial charge >= 0.3 is 18.1 Å². The van der Waals surface area contributed by atoms with Crippen LogP contribution in [0.15, 0.2) is 0 Å². The summed E-state index contributed by atoms with van der Waals surface area (Å²) in [7, 11) is 0. The van der Waals surface area contributed by atoms with Gasteiger partial charge in [-0.15, -0.1) is 0 Å². The maximum absolute atomic E-state index is 12.4. The van der Waals surface area contributed by atoms with Crippen LogP contribution in [0.4, 0.5) is 13.2 Å². The molecule has 0 saturated heterocycles. The summed E-state index contributed by atoms with van der Waals surface area (Å²) in [5.74, 6) is -1.20. The van der Waals surface area contributed by atoms with Crippen LogP contribution >= 0.6 is 0 Å². The Morgan fingerprint density at radius 1 is 1.00 bits per heavy atom. The smallest absolute Gasteiger partial charge is 0.425 e. The minimum absolute atomic E-state index is 0.142. The van der Waals surface area contributed by atoms with Gasteiger partial charge in [0, 0.05) is 6.42 Å². The summed E-state index contributed by atoms with van der Waals surface area (Å²) in [5, 5.41) is 0. The van der Waals surface area contributed by atoms with Gasteiger partial charge in [0.2, 0.25) is 0 Å². The molecule has 0 aromatic carbocycles. The molecule has 0 amide bonds. The summed E-state index contributed by atoms with van der Waals surface area (Å²) >= 11 is 0. The molecule has 4 nitrogen and oxygen atoms in total. The van der Waals surface area contributed by atoms with Crippen molar-refractivity contribution in [2.24, 2.45) is 5.41 Å². The molecule has 0 aromatic rings. The SMILES string of the molecule is CCC(CC)(CCCC(=O)OC(C)C(F)(F)F)OC(=O)C(C)(C)CC. The van der Waals surface area contributed by atoms with E-state index in [-0.39, 0.29) is 12.4 Å². The van der Waals surface area contributed by atoms with Gasteiger partial charge < -0.3 is 9.47 Å². The molecule has 0 aliphatic carbocycles. The second kappa shape index (κ2) is 9.43. The molecule has 0 rings (SSSR count). The fraction of sp³-hybridized carbons (Fsp3) is 0.889. The zero-order valence-corrected chi connectivity index (χ0v) is 16.1. The van der Waals surface area contributed by atoms with Crippen LogP contribution in [0.3, 0.4) is 0 Å². The van der Waals surface area contributed by atoms with E-state index in [1.54, 1.807) is 13.8 Å². The summed E-state index contributed by atoms with van der Waals surface area (Å²) in [4.78, 5) is 23.9. The van der Waals surface area contributed by atoms with Crippen LogP contribution in [0, 0.1) is 5.41 Å². The lowest BCUT2D eigenvalue weighted by atomic mass is 9.87. The van der Waals surface area contributed by atoms with Crippen LogP contribution < -0.4 is 0 Å². The number of hydrogen-bond donors (Lipinski definition) is 0. The highest BCUT2D eigenvalue weighted by molar-refractivity contribution is 5.76. The first kappa shape index (κ1) is 23.7. The molecule has 0 aromatic heterocycles. The Hall–Kier alpha value is -1.27. The Bertz CT molecular complexity index is 440. The summed E-state index contributed by atoms with van der Waals surface area (Å²) in [5.41, 5.74) is -1.31. The summed E-state index contributed by atoms with van der Waals surface area (Å²) in [6, 6.07) is 0. The Morgan fingerprint density at radius 2 is 1.52 bits per heavy atom. The van der Waals surface area contributed by atoms with Crippen molar-refractivity contribution in [1.29, 1.82) is 0 Å². The van der Waals surface area contributed by atoms with Gasteiger partial charge in [-0.25, -0.2) is 0 Å². The maximum Gasteiger partial charge on any atom is 0.425 e. The predicted molar refractivity (Wildman–Crippen MR) is 88.9 cm³/mol. The molecular weight excluding hydrogens is 337 g/mol. The molecule has 0 heterocycles. The number of ether oxygens (including phenoxy) is 2. The van der Waals surface area contributed by atoms with Gasteiger partial charge in [-0.3, -0.25) is 9.59 Å². The van der Waals surface area contributed by atoms with E-state index in [9.17, 15) is 22.8 Å². The van der Waals surface area contributed by atoms with Crippen molar-refractivity contribution in [1.82, 2.24) is 0 Å². The summed E-state index contributed by atoms with van der Waals surface area (Å²) in [6.45, 7) is 10.1. The summed E-state index contributed by atoms with van der Waals surface area (Å²) < 4.78 is 47.3. The normalized spacial score (nSPS) is 14.1. The third-order valence-electron chi connectivity index (χ3n) is 4.82. The fourth-order valence-corrected chi connectivity index (χ4v) is 2.16. The quantitative estimate of drug-likeness (QED) is 0.498. The number of hydrogen-bond acceptors (Lipinski definition) is 4. The van der Waals surface area contributed by atoms with E-state index in [0.717, 1.165) is 6.92 Å². The first-order valence-electron chi connectivity index (χ1n) is 8.83. The maximum atomic E-state index is 12.4. The van der Waals surface area contributed by atoms with Crippen LogP contribution in [0.1, 0.15) is 80.1 Å². The third-order valence-corrected chi connectivity index (χ3v) is 4.82. The lowest BCUT2D eigenvalue weighted by Gasteiger charge is -2.35. The topological polar surface area (TPSA) is 52.6 Å². The van der Waals surface area contributed by atoms with Crippen LogP contribution in [-0.2, 0) is 19.1 Å². The van der Waals surface area contributed by atoms with Crippen molar-refractivity contribution in [2.45, 2.75) is 97.9 Å². The molecule has 0 saturated carbocycles. The van der Waals surface area contributed by atoms with E-state index in [4.69, 9.17) is 4.74 Å². The highest BCUT2D eigenvalue weighted by Gasteiger charge is 2.39. The van der Waals surface area contributed by atoms with Crippen molar-refractivity contribution in [2.75, 3.05) is 0 Å². The molecule has 7 heteroatoms. The largest absolute Gasteiger partial charge is 0.459 e. The zero-order valence-electron chi connectivity index (χ0n) is 16.1. The average molecular weight is 368 g/mol. The van der Waals surface area contributed by atoms with Crippen LogP contribution in [0.25, 0.3) is 0 Å². The number of carbonyl (C=O) groups is 2. The third kappa shape index (κ3) is 7.65. The highest BCUT2D eigenvalue weighted by Crippen LogP contribution is 2.32. The van der Waals surface area contributed by atoms with Crippen LogP contribution in [0.5, 0.6) is 0 Å². The van der Waals surface area contributed by atoms with E-state index in [0.29, 0.717) is 32.1 Å². The monoisotopic (exact) mass is 368 g/mol. The number of carbonyl (C=O) groups excluding carboxylic acids is 2. The van der Waals surface area contributed by atoms with E-state index in [2.05, 4.69) is 4.74 Å². The molecule has 25 heavy (non-hydrogen) atoms. The molecule has 0 aliphatic heterocycles. The molecule has 0 N–H and O–H groups in total. The number of alkyl halides is 3. The molecule has 0 bridgehead atoms. The van der Waals surface area contributed by atoms with Gasteiger partial charge in [-0.1, -0.05) is 20.8 Å². The molecule has 1 unspecified atom stereocenters. The zero-order chi connectivity index (χ0) is 19.9. The number of rotatable bonds is 10. The Morgan fingerprint density at radius 3 is 1.92 bits per heavy atom. The van der Waals surface area contributed by atoms with Crippen molar-refractivity contribution in [3.8, 4) is 0 Å². The minimum Gasteiger partial charge on any atom is -0.459 e. The molecule has 148 valence electrons. The first-order chi connectivity index (χ1) is 11.3. The number of halogens is 3. The fourth-order valence-electron chi connectivity index (χ4n) is 2.16.